The Morgan fingerprint density at radius 2 is 0.664 bits per heavy atom. The van der Waals surface area contributed by atoms with Crippen LogP contribution in [0.2, 0.25) is 0 Å². The third-order valence-corrected chi connectivity index (χ3v) is 23.7. The zero-order chi connectivity index (χ0) is 81.9. The van der Waals surface area contributed by atoms with Crippen LogP contribution < -0.4 is 0 Å². The van der Waals surface area contributed by atoms with E-state index >= 15 is 0 Å². The van der Waals surface area contributed by atoms with Crippen molar-refractivity contribution in [3.05, 3.63) is 262 Å². The maximum Gasteiger partial charge on any atom is 0.143 e. The molecule has 16 heteroatoms. The Morgan fingerprint density at radius 3 is 1.01 bits per heavy atom. The van der Waals surface area contributed by atoms with Crippen LogP contribution in [0.1, 0.15) is 243 Å². The van der Waals surface area contributed by atoms with Crippen LogP contribution in [-0.2, 0) is 64.1 Å². The highest BCUT2D eigenvalue weighted by molar-refractivity contribution is 5.94. The van der Waals surface area contributed by atoms with Crippen molar-refractivity contribution in [3.8, 4) is 57.6 Å². The second-order valence-corrected chi connectivity index (χ2v) is 31.6. The van der Waals surface area contributed by atoms with Gasteiger partial charge in [-0.15, -0.1) is 0 Å². The Morgan fingerprint density at radius 1 is 0.353 bits per heavy atom. The van der Waals surface area contributed by atoms with E-state index in [0.29, 0.717) is 52.1 Å². The summed E-state index contributed by atoms with van der Waals surface area (Å²) in [4.78, 5) is 47.3. The van der Waals surface area contributed by atoms with E-state index in [4.69, 9.17) is 48.9 Å². The molecule has 606 valence electrons. The number of hydrogen-bond donors (Lipinski definition) is 4. The number of rotatable bonds is 38. The number of fused-ring (bicyclic) bond motifs is 19. The Hall–Kier alpha value is -12.7. The van der Waals surface area contributed by atoms with Gasteiger partial charge in [-0.2, -0.15) is 0 Å². The van der Waals surface area contributed by atoms with Crippen molar-refractivity contribution >= 4 is 92.7 Å². The molecule has 0 saturated heterocycles. The quantitative estimate of drug-likeness (QED) is 0.0165. The van der Waals surface area contributed by atoms with E-state index in [2.05, 4.69) is 217 Å². The highest BCUT2D eigenvalue weighted by Crippen LogP contribution is 2.55. The summed E-state index contributed by atoms with van der Waals surface area (Å²) in [7, 11) is 4.04. The number of hydrogen-bond acceptors (Lipinski definition) is 10. The zero-order valence-corrected chi connectivity index (χ0v) is 69.7. The molecular weight excluding hydrogens is 1470 g/mol. The molecule has 0 unspecified atom stereocenters. The first-order chi connectivity index (χ1) is 58.6. The van der Waals surface area contributed by atoms with Gasteiger partial charge in [0, 0.05) is 99.7 Å². The first kappa shape index (κ1) is 81.5. The third-order valence-electron chi connectivity index (χ3n) is 23.7. The van der Waals surface area contributed by atoms with Crippen LogP contribution in [0.15, 0.2) is 161 Å². The SMILES string of the molecule is C=COCCCc1c2nc(c(-c3nccn3C)c3ccc([nH]3)c(CCCOC=C)c3nc(c(C#Cc4ccc5c(c4)C(CCCCCCCCC)(CCCCCCCCC)c4cc(C#Cc6c7nc(c(CCCOC=C)c8ccc([nH]8)c(-c8nccn8C)c8nc(c(CCCOC=C)c9ccc6[nH]9)C=C8)C=C7)ccc4-5)c4ccc1[nH]4)C=C3)C=C2. The van der Waals surface area contributed by atoms with Crippen molar-refractivity contribution in [2.24, 2.45) is 14.1 Å². The minimum Gasteiger partial charge on any atom is -0.502 e. The molecule has 0 spiro atoms. The maximum absolute atomic E-state index is 5.73. The summed E-state index contributed by atoms with van der Waals surface area (Å²) in [6.07, 6.45) is 55.5. The largest absolute Gasteiger partial charge is 0.502 e. The number of aryl methyl sites for hydroxylation is 6. The first-order valence-electron chi connectivity index (χ1n) is 43.1. The van der Waals surface area contributed by atoms with Crippen molar-refractivity contribution < 1.29 is 18.9 Å². The molecule has 2 aromatic carbocycles. The molecular formula is C103H110N12O4. The highest BCUT2D eigenvalue weighted by atomic mass is 16.5. The Labute approximate surface area is 700 Å². The fourth-order valence-corrected chi connectivity index (χ4v) is 17.7. The standard InChI is InChI=1S/C103H110N12O4/c1-9-15-17-19-21-23-25-59-103(60-26-24-22-20-18-16-10-2)81-69-71(37-41-79-91-47-43-83(106-91)75(31-27-65-116-11-3)87-51-55-95(110-87)99(101-104-61-63-114(101)7)96-56-52-88(111-96)76(32-28-66-117-12-4)84-44-48-92(79)107-84)35-39-73(81)74-40-36-72(70-82(74)103)38-42-80-93-49-45-85(108-93)77(33-29-67-118-13-5)89-53-57-97(112-89)100(102-105-62-64-115(102)8)98-58-54-90(113-98)78(34-30-68-119-14-6)86-46-50-94(80)109-86/h11-14,35-36,39-40,43-58,61-64,69-70,106,108,111,113H,3-6,9-10,15-34,59-60,65-68H2,1-2,7-8H3. The fourth-order valence-electron chi connectivity index (χ4n) is 17.7. The van der Waals surface area contributed by atoms with Gasteiger partial charge in [0.2, 0.25) is 0 Å². The van der Waals surface area contributed by atoms with Gasteiger partial charge in [0.25, 0.3) is 0 Å². The predicted octanol–water partition coefficient (Wildman–Crippen LogP) is 24.1. The van der Waals surface area contributed by atoms with Crippen LogP contribution in [0.25, 0.3) is 127 Å². The third kappa shape index (κ3) is 18.4. The summed E-state index contributed by atoms with van der Waals surface area (Å²) >= 11 is 0. The molecule has 8 aromatic heterocycles. The summed E-state index contributed by atoms with van der Waals surface area (Å²) in [5.74, 6) is 16.9. The summed E-state index contributed by atoms with van der Waals surface area (Å²) in [6, 6.07) is 31.3. The van der Waals surface area contributed by atoms with Crippen LogP contribution >= 0.6 is 0 Å². The van der Waals surface area contributed by atoms with Crippen molar-refractivity contribution in [2.75, 3.05) is 26.4 Å². The van der Waals surface area contributed by atoms with Crippen molar-refractivity contribution in [1.82, 2.24) is 59.0 Å². The maximum atomic E-state index is 5.73. The van der Waals surface area contributed by atoms with Crippen LogP contribution in [0, 0.1) is 23.7 Å². The predicted molar refractivity (Wildman–Crippen MR) is 490 cm³/mol. The lowest BCUT2D eigenvalue weighted by Gasteiger charge is -2.33. The number of ether oxygens (including phenoxy) is 4. The lowest BCUT2D eigenvalue weighted by Crippen LogP contribution is -2.26. The second-order valence-electron chi connectivity index (χ2n) is 31.6. The topological polar surface area (TPSA) is 187 Å². The molecule has 1 aliphatic carbocycles. The number of imidazole rings is 2. The van der Waals surface area contributed by atoms with Crippen LogP contribution in [-0.4, -0.2) is 85.4 Å². The average Bonchev–Trinajstić information content (AvgIpc) is 1.56. The minimum absolute atomic E-state index is 0.313. The molecule has 15 rings (SSSR count). The molecule has 5 aliphatic rings. The van der Waals surface area contributed by atoms with Gasteiger partial charge in [0.05, 0.1) is 141 Å². The van der Waals surface area contributed by atoms with Crippen LogP contribution in [0.4, 0.5) is 0 Å². The van der Waals surface area contributed by atoms with E-state index < -0.39 is 0 Å². The molecule has 10 aromatic rings. The Kier molecular flexibility index (Phi) is 26.7. The molecule has 119 heavy (non-hydrogen) atoms. The highest BCUT2D eigenvalue weighted by Gasteiger charge is 2.43. The van der Waals surface area contributed by atoms with E-state index in [-0.39, 0.29) is 5.41 Å². The fraction of sp³-hybridized carbons (Fsp3) is 0.320. The molecule has 16 nitrogen and oxygen atoms in total. The Bertz CT molecular complexity index is 5650. The summed E-state index contributed by atoms with van der Waals surface area (Å²) < 4.78 is 27.0. The number of benzene rings is 2. The number of nitrogens with one attached hydrogen (secondary N) is 4. The molecule has 0 atom stereocenters. The Balaban J connectivity index is 0.891. The van der Waals surface area contributed by atoms with Gasteiger partial charge >= 0.3 is 0 Å². The molecule has 16 bridgehead atoms. The van der Waals surface area contributed by atoms with Gasteiger partial charge in [-0.25, -0.2) is 29.9 Å². The van der Waals surface area contributed by atoms with Crippen molar-refractivity contribution in [1.29, 1.82) is 0 Å². The lowest BCUT2D eigenvalue weighted by molar-refractivity contribution is 0.246. The van der Waals surface area contributed by atoms with E-state index in [9.17, 15) is 0 Å². The van der Waals surface area contributed by atoms with E-state index in [1.54, 1.807) is 0 Å². The average molecular weight is 1580 g/mol. The minimum atomic E-state index is -0.313. The van der Waals surface area contributed by atoms with Gasteiger partial charge < -0.3 is 48.0 Å². The number of aromatic amines is 4. The van der Waals surface area contributed by atoms with Gasteiger partial charge in [-0.05, 0) is 208 Å². The number of unbranched alkanes of at least 4 members (excludes halogenated alkanes) is 12. The molecule has 0 fully saturated rings. The lowest BCUT2D eigenvalue weighted by atomic mass is 9.70. The van der Waals surface area contributed by atoms with Gasteiger partial charge in [0.15, 0.2) is 0 Å². The van der Waals surface area contributed by atoms with E-state index in [1.807, 2.05) is 48.0 Å². The summed E-state index contributed by atoms with van der Waals surface area (Å²) in [5, 5.41) is 0. The molecule has 12 heterocycles. The monoisotopic (exact) mass is 1580 g/mol. The van der Waals surface area contributed by atoms with E-state index in [0.717, 1.165) is 208 Å². The second kappa shape index (κ2) is 39.1. The van der Waals surface area contributed by atoms with Crippen LogP contribution in [0.5, 0.6) is 0 Å². The first-order valence-corrected chi connectivity index (χ1v) is 43.1. The van der Waals surface area contributed by atoms with Gasteiger partial charge in [-0.1, -0.05) is 166 Å². The number of H-pyrrole nitrogens is 4. The molecule has 0 amide bonds. The van der Waals surface area contributed by atoms with Crippen LogP contribution in [0.3, 0.4) is 0 Å². The molecule has 4 N–H and O–H groups in total. The van der Waals surface area contributed by atoms with Gasteiger partial charge in [0.1, 0.15) is 11.6 Å². The number of aromatic nitrogens is 12. The van der Waals surface area contributed by atoms with Gasteiger partial charge in [-0.3, -0.25) is 0 Å². The van der Waals surface area contributed by atoms with E-state index in [1.165, 1.54) is 124 Å². The molecule has 0 radical (unpaired) electrons. The summed E-state index contributed by atoms with van der Waals surface area (Å²) in [5.41, 5.74) is 28.4. The zero-order valence-electron chi connectivity index (χ0n) is 69.7. The molecule has 0 saturated carbocycles. The smallest absolute Gasteiger partial charge is 0.143 e. The summed E-state index contributed by atoms with van der Waals surface area (Å²) in [6.45, 7) is 22.0. The number of nitrogens with zero attached hydrogens (tertiary/aromatic N) is 8. The molecule has 4 aliphatic heterocycles. The normalized spacial score (nSPS) is 12.6. The van der Waals surface area contributed by atoms with Crippen molar-refractivity contribution in [3.63, 3.8) is 0 Å². The van der Waals surface area contributed by atoms with Crippen molar-refractivity contribution in [2.45, 2.75) is 173 Å².